The first-order valence-corrected chi connectivity index (χ1v) is 14.3. The van der Waals surface area contributed by atoms with E-state index in [1.54, 1.807) is 6.07 Å². The summed E-state index contributed by atoms with van der Waals surface area (Å²) in [6.45, 7) is 2.12. The van der Waals surface area contributed by atoms with E-state index in [-0.39, 0.29) is 5.82 Å². The molecule has 2 aliphatic carbocycles. The molecule has 1 atom stereocenters. The third-order valence-electron chi connectivity index (χ3n) is 9.32. The molecule has 1 fully saturated rings. The summed E-state index contributed by atoms with van der Waals surface area (Å²) in [7, 11) is 2.06. The predicted molar refractivity (Wildman–Crippen MR) is 153 cm³/mol. The zero-order chi connectivity index (χ0) is 25.8. The Bertz CT molecular complexity index is 1670. The number of hydrogen-bond donors (Lipinski definition) is 0. The van der Waals surface area contributed by atoms with Crippen LogP contribution < -0.4 is 4.57 Å². The number of furan rings is 1. The van der Waals surface area contributed by atoms with Crippen molar-refractivity contribution in [3.05, 3.63) is 89.4 Å². The number of rotatable bonds is 3. The van der Waals surface area contributed by atoms with Crippen molar-refractivity contribution in [1.29, 1.82) is 0 Å². The number of pyridine rings is 1. The van der Waals surface area contributed by atoms with E-state index >= 15 is 4.39 Å². The lowest BCUT2D eigenvalue weighted by Gasteiger charge is -2.35. The number of aromatic nitrogens is 1. The van der Waals surface area contributed by atoms with Crippen LogP contribution in [0, 0.1) is 18.7 Å². The Balaban J connectivity index is 1.46. The highest BCUT2D eigenvalue weighted by molar-refractivity contribution is 6.13. The summed E-state index contributed by atoms with van der Waals surface area (Å²) in [4.78, 5) is 0. The van der Waals surface area contributed by atoms with Gasteiger partial charge in [0.15, 0.2) is 6.20 Å². The Labute approximate surface area is 224 Å². The maximum atomic E-state index is 15.9. The number of nitrogens with zero attached hydrogens (tertiary/aromatic N) is 1. The molecule has 5 aromatic rings. The van der Waals surface area contributed by atoms with Crippen LogP contribution in [0.4, 0.5) is 4.39 Å². The van der Waals surface area contributed by atoms with Crippen molar-refractivity contribution in [2.45, 2.75) is 64.2 Å². The topological polar surface area (TPSA) is 17.0 Å². The lowest BCUT2D eigenvalue weighted by molar-refractivity contribution is -0.660. The van der Waals surface area contributed by atoms with Crippen LogP contribution in [0.3, 0.4) is 0 Å². The number of benzene rings is 3. The van der Waals surface area contributed by atoms with E-state index in [9.17, 15) is 0 Å². The zero-order valence-electron chi connectivity index (χ0n) is 22.4. The molecule has 0 radical (unpaired) electrons. The van der Waals surface area contributed by atoms with Crippen molar-refractivity contribution >= 4 is 21.9 Å². The monoisotopic (exact) mass is 504 g/mol. The Morgan fingerprint density at radius 2 is 1.58 bits per heavy atom. The van der Waals surface area contributed by atoms with Gasteiger partial charge >= 0.3 is 0 Å². The highest BCUT2D eigenvalue weighted by Crippen LogP contribution is 2.48. The predicted octanol–water partition coefficient (Wildman–Crippen LogP) is 9.19. The van der Waals surface area contributed by atoms with Gasteiger partial charge in [-0.3, -0.25) is 0 Å². The van der Waals surface area contributed by atoms with E-state index < -0.39 is 0 Å². The van der Waals surface area contributed by atoms with Crippen molar-refractivity contribution in [2.75, 3.05) is 0 Å². The first-order valence-electron chi connectivity index (χ1n) is 14.3. The quantitative estimate of drug-likeness (QED) is 0.224. The SMILES string of the molecule is Cc1ccc2c(oc3c(-c4cccc5c4CCCC5C4CCCCC4)c(F)ccc32)c1-c1cccc[n+]1C. The molecule has 38 heavy (non-hydrogen) atoms. The third-order valence-corrected chi connectivity index (χ3v) is 9.32. The van der Waals surface area contributed by atoms with Gasteiger partial charge < -0.3 is 4.42 Å². The minimum atomic E-state index is -0.201. The molecule has 0 aliphatic heterocycles. The second-order valence-electron chi connectivity index (χ2n) is 11.5. The second kappa shape index (κ2) is 9.38. The van der Waals surface area contributed by atoms with Crippen molar-refractivity contribution in [3.8, 4) is 22.4 Å². The van der Waals surface area contributed by atoms with Gasteiger partial charge in [0.05, 0.1) is 11.1 Å². The molecule has 1 saturated carbocycles. The fraction of sp³-hybridized carbons (Fsp3) is 0.343. The van der Waals surface area contributed by atoms with Gasteiger partial charge in [0, 0.05) is 22.9 Å². The lowest BCUT2D eigenvalue weighted by atomic mass is 9.69. The molecular weight excluding hydrogens is 469 g/mol. The minimum absolute atomic E-state index is 0.201. The van der Waals surface area contributed by atoms with Crippen LogP contribution in [0.2, 0.25) is 0 Å². The molecule has 0 saturated heterocycles. The largest absolute Gasteiger partial charge is 0.454 e. The van der Waals surface area contributed by atoms with Crippen molar-refractivity contribution in [1.82, 2.24) is 0 Å². The molecule has 2 aliphatic rings. The summed E-state index contributed by atoms with van der Waals surface area (Å²) in [5.74, 6) is 1.17. The summed E-state index contributed by atoms with van der Waals surface area (Å²) in [6.07, 6.45) is 12.2. The normalized spacial score (nSPS) is 18.2. The van der Waals surface area contributed by atoms with Crippen molar-refractivity contribution in [2.24, 2.45) is 13.0 Å². The van der Waals surface area contributed by atoms with Gasteiger partial charge in [0.1, 0.15) is 24.0 Å². The van der Waals surface area contributed by atoms with E-state index in [2.05, 4.69) is 67.2 Å². The third kappa shape index (κ3) is 3.70. The molecule has 0 bridgehead atoms. The lowest BCUT2D eigenvalue weighted by Crippen LogP contribution is -2.30. The van der Waals surface area contributed by atoms with Gasteiger partial charge in [-0.15, -0.1) is 0 Å². The average molecular weight is 505 g/mol. The average Bonchev–Trinajstić information content (AvgIpc) is 3.32. The molecule has 7 rings (SSSR count). The zero-order valence-corrected chi connectivity index (χ0v) is 22.4. The summed E-state index contributed by atoms with van der Waals surface area (Å²) in [6, 6.07) is 20.6. The minimum Gasteiger partial charge on any atom is -0.454 e. The number of hydrogen-bond acceptors (Lipinski definition) is 1. The molecular formula is C35H35FNO+. The van der Waals surface area contributed by atoms with Crippen LogP contribution in [0.5, 0.6) is 0 Å². The van der Waals surface area contributed by atoms with Gasteiger partial charge in [0.25, 0.3) is 0 Å². The number of fused-ring (bicyclic) bond motifs is 4. The highest BCUT2D eigenvalue weighted by Gasteiger charge is 2.31. The van der Waals surface area contributed by atoms with Gasteiger partial charge in [0.2, 0.25) is 5.69 Å². The standard InChI is InChI=1S/C35H35FNO/c1-22-17-18-28-29-19-20-30(36)33(35(29)38-34(28)32(22)31-16-6-7-21-37(31)2)27-15-9-13-25-24(12-8-14-26(25)27)23-10-4-3-5-11-23/h6-7,9,13,15-21,23-24H,3-5,8,10-12,14H2,1-2H3/q+1. The highest BCUT2D eigenvalue weighted by atomic mass is 19.1. The second-order valence-corrected chi connectivity index (χ2v) is 11.5. The van der Waals surface area contributed by atoms with E-state index in [1.165, 1.54) is 56.1 Å². The van der Waals surface area contributed by atoms with Crippen LogP contribution in [-0.4, -0.2) is 0 Å². The maximum absolute atomic E-state index is 15.9. The van der Waals surface area contributed by atoms with Gasteiger partial charge in [-0.2, -0.15) is 0 Å². The summed E-state index contributed by atoms with van der Waals surface area (Å²) < 4.78 is 24.7. The van der Waals surface area contributed by atoms with E-state index in [4.69, 9.17) is 4.42 Å². The Kier molecular flexibility index (Phi) is 5.83. The molecule has 2 aromatic heterocycles. The molecule has 0 spiro atoms. The maximum Gasteiger partial charge on any atom is 0.216 e. The van der Waals surface area contributed by atoms with Gasteiger partial charge in [-0.1, -0.05) is 49.6 Å². The van der Waals surface area contributed by atoms with Crippen LogP contribution in [-0.2, 0) is 13.5 Å². The molecule has 2 nitrogen and oxygen atoms in total. The Morgan fingerprint density at radius 3 is 2.39 bits per heavy atom. The van der Waals surface area contributed by atoms with E-state index in [1.807, 2.05) is 12.1 Å². The summed E-state index contributed by atoms with van der Waals surface area (Å²) >= 11 is 0. The molecule has 3 aromatic carbocycles. The van der Waals surface area contributed by atoms with Crippen LogP contribution in [0.1, 0.15) is 67.6 Å². The van der Waals surface area contributed by atoms with Gasteiger partial charge in [-0.05, 0) is 91.3 Å². The van der Waals surface area contributed by atoms with Crippen LogP contribution in [0.15, 0.2) is 71.3 Å². The van der Waals surface area contributed by atoms with E-state index in [0.29, 0.717) is 17.1 Å². The van der Waals surface area contributed by atoms with Gasteiger partial charge in [-0.25, -0.2) is 8.96 Å². The Morgan fingerprint density at radius 1 is 0.789 bits per heavy atom. The molecule has 0 N–H and O–H groups in total. The number of halogens is 1. The molecule has 2 heterocycles. The first-order chi connectivity index (χ1) is 18.6. The molecule has 1 unspecified atom stereocenters. The first kappa shape index (κ1) is 23.6. The van der Waals surface area contributed by atoms with Crippen molar-refractivity contribution < 1.29 is 13.4 Å². The fourth-order valence-corrected chi connectivity index (χ4v) is 7.48. The molecule has 3 heteroatoms. The van der Waals surface area contributed by atoms with E-state index in [0.717, 1.165) is 51.1 Å². The fourth-order valence-electron chi connectivity index (χ4n) is 7.48. The summed E-state index contributed by atoms with van der Waals surface area (Å²) in [5.41, 5.74) is 9.25. The molecule has 192 valence electrons. The van der Waals surface area contributed by atoms with Crippen molar-refractivity contribution in [3.63, 3.8) is 0 Å². The number of aryl methyl sites for hydroxylation is 2. The Hall–Kier alpha value is -3.46. The molecule has 0 amide bonds. The smallest absolute Gasteiger partial charge is 0.216 e. The van der Waals surface area contributed by atoms with Crippen LogP contribution in [0.25, 0.3) is 44.3 Å². The summed E-state index contributed by atoms with van der Waals surface area (Å²) in [5, 5.41) is 2.02. The van der Waals surface area contributed by atoms with Crippen LogP contribution >= 0.6 is 0 Å².